The minimum atomic E-state index is -0.105. The molecule has 0 aromatic carbocycles. The molecule has 4 heteroatoms. The summed E-state index contributed by atoms with van der Waals surface area (Å²) in [5.41, 5.74) is 5.74. The topological polar surface area (TPSA) is 55.6 Å². The van der Waals surface area contributed by atoms with Gasteiger partial charge in [-0.15, -0.1) is 0 Å². The summed E-state index contributed by atoms with van der Waals surface area (Å²) < 4.78 is 5.42. The molecule has 20 heavy (non-hydrogen) atoms. The van der Waals surface area contributed by atoms with Crippen LogP contribution in [0.4, 0.5) is 0 Å². The van der Waals surface area contributed by atoms with Gasteiger partial charge in [0.2, 0.25) is 0 Å². The molecule has 0 unspecified atom stereocenters. The van der Waals surface area contributed by atoms with Gasteiger partial charge in [0.15, 0.2) is 0 Å². The first-order chi connectivity index (χ1) is 9.06. The first-order valence-electron chi connectivity index (χ1n) is 7.60. The fraction of sp³-hybridized carbons (Fsp3) is 0.938. The minimum absolute atomic E-state index is 0.0271. The third kappa shape index (κ3) is 11.2. The summed E-state index contributed by atoms with van der Waals surface area (Å²) in [4.78, 5) is 13.9. The average Bonchev–Trinajstić information content (AvgIpc) is 2.28. The van der Waals surface area contributed by atoms with Crippen molar-refractivity contribution in [3.63, 3.8) is 0 Å². The maximum absolute atomic E-state index is 11.8. The summed E-state index contributed by atoms with van der Waals surface area (Å²) in [7, 11) is 2.01. The van der Waals surface area contributed by atoms with Crippen molar-refractivity contribution in [1.82, 2.24) is 4.90 Å². The molecule has 0 spiro atoms. The molecule has 0 amide bonds. The van der Waals surface area contributed by atoms with E-state index in [9.17, 15) is 4.79 Å². The Labute approximate surface area is 125 Å². The van der Waals surface area contributed by atoms with Crippen molar-refractivity contribution < 1.29 is 9.53 Å². The number of ether oxygens (including phenoxy) is 1. The van der Waals surface area contributed by atoms with Crippen LogP contribution in [0.3, 0.4) is 0 Å². The lowest BCUT2D eigenvalue weighted by atomic mass is 9.77. The predicted octanol–water partition coefficient (Wildman–Crippen LogP) is 2.66. The maximum Gasteiger partial charge on any atom is 0.307 e. The van der Waals surface area contributed by atoms with E-state index in [1.165, 1.54) is 0 Å². The second-order valence-corrected chi connectivity index (χ2v) is 7.76. The monoisotopic (exact) mass is 286 g/mol. The smallest absolute Gasteiger partial charge is 0.307 e. The highest BCUT2D eigenvalue weighted by Crippen LogP contribution is 2.33. The Kier molecular flexibility index (Phi) is 8.36. The Hall–Kier alpha value is -0.610. The number of nitrogens with two attached hydrogens (primary N) is 1. The normalized spacial score (nSPS) is 12.8. The Balaban J connectivity index is 3.92. The van der Waals surface area contributed by atoms with E-state index in [0.29, 0.717) is 19.6 Å². The van der Waals surface area contributed by atoms with Crippen LogP contribution in [0.2, 0.25) is 0 Å². The van der Waals surface area contributed by atoms with Crippen molar-refractivity contribution in [2.24, 2.45) is 16.6 Å². The Morgan fingerprint density at radius 1 is 1.15 bits per heavy atom. The van der Waals surface area contributed by atoms with E-state index in [2.05, 4.69) is 39.5 Å². The second-order valence-electron chi connectivity index (χ2n) is 7.76. The molecule has 0 aromatic heterocycles. The van der Waals surface area contributed by atoms with Gasteiger partial charge in [-0.25, -0.2) is 0 Å². The van der Waals surface area contributed by atoms with Gasteiger partial charge in [-0.1, -0.05) is 34.6 Å². The lowest BCUT2D eigenvalue weighted by Crippen LogP contribution is -2.29. The molecule has 2 N–H and O–H groups in total. The lowest BCUT2D eigenvalue weighted by molar-refractivity contribution is -0.147. The molecule has 0 aliphatic heterocycles. The number of hydrogen-bond donors (Lipinski definition) is 1. The minimum Gasteiger partial charge on any atom is -0.465 e. The summed E-state index contributed by atoms with van der Waals surface area (Å²) in [6.07, 6.45) is 2.44. The molecule has 0 fully saturated rings. The van der Waals surface area contributed by atoms with E-state index in [0.717, 1.165) is 25.9 Å². The zero-order valence-electron chi connectivity index (χ0n) is 14.3. The molecule has 0 aromatic rings. The molecule has 0 saturated heterocycles. The van der Waals surface area contributed by atoms with Gasteiger partial charge < -0.3 is 15.4 Å². The molecule has 0 saturated carbocycles. The van der Waals surface area contributed by atoms with Crippen LogP contribution in [0.25, 0.3) is 0 Å². The molecule has 0 radical (unpaired) electrons. The summed E-state index contributed by atoms with van der Waals surface area (Å²) in [5.74, 6) is -0.105. The third-order valence-corrected chi connectivity index (χ3v) is 3.07. The van der Waals surface area contributed by atoms with Crippen LogP contribution < -0.4 is 5.73 Å². The number of esters is 1. The van der Waals surface area contributed by atoms with Crippen LogP contribution >= 0.6 is 0 Å². The van der Waals surface area contributed by atoms with Crippen LogP contribution in [-0.4, -0.2) is 44.2 Å². The summed E-state index contributed by atoms with van der Waals surface area (Å²) >= 11 is 0. The van der Waals surface area contributed by atoms with Gasteiger partial charge >= 0.3 is 5.97 Å². The summed E-state index contributed by atoms with van der Waals surface area (Å²) in [6.45, 7) is 13.8. The molecule has 120 valence electrons. The van der Waals surface area contributed by atoms with Crippen molar-refractivity contribution in [2.45, 2.75) is 53.9 Å². The van der Waals surface area contributed by atoms with Gasteiger partial charge in [-0.3, -0.25) is 4.79 Å². The third-order valence-electron chi connectivity index (χ3n) is 3.07. The van der Waals surface area contributed by atoms with Gasteiger partial charge in [0.1, 0.15) is 0 Å². The predicted molar refractivity (Wildman–Crippen MR) is 84.6 cm³/mol. The van der Waals surface area contributed by atoms with E-state index in [-0.39, 0.29) is 16.8 Å². The van der Waals surface area contributed by atoms with Crippen LogP contribution in [0.5, 0.6) is 0 Å². The van der Waals surface area contributed by atoms with Gasteiger partial charge in [0, 0.05) is 6.54 Å². The van der Waals surface area contributed by atoms with E-state index in [4.69, 9.17) is 10.5 Å². The highest BCUT2D eigenvalue weighted by atomic mass is 16.5. The average molecular weight is 286 g/mol. The lowest BCUT2D eigenvalue weighted by Gasteiger charge is -2.31. The van der Waals surface area contributed by atoms with Gasteiger partial charge in [0.05, 0.1) is 13.0 Å². The highest BCUT2D eigenvalue weighted by Gasteiger charge is 2.26. The zero-order valence-corrected chi connectivity index (χ0v) is 14.3. The molecule has 0 aliphatic rings. The van der Waals surface area contributed by atoms with E-state index >= 15 is 0 Å². The van der Waals surface area contributed by atoms with Crippen LogP contribution in [0.1, 0.15) is 53.9 Å². The number of rotatable bonds is 9. The van der Waals surface area contributed by atoms with Gasteiger partial charge in [0.25, 0.3) is 0 Å². The Morgan fingerprint density at radius 2 is 1.75 bits per heavy atom. The van der Waals surface area contributed by atoms with E-state index in [1.807, 2.05) is 7.05 Å². The number of carbonyl (C=O) groups excluding carboxylic acids is 1. The van der Waals surface area contributed by atoms with Crippen LogP contribution in [0.15, 0.2) is 0 Å². The first-order valence-corrected chi connectivity index (χ1v) is 7.60. The van der Waals surface area contributed by atoms with Crippen molar-refractivity contribution in [2.75, 3.05) is 33.3 Å². The fourth-order valence-electron chi connectivity index (χ4n) is 2.59. The molecule has 0 rings (SSSR count). The van der Waals surface area contributed by atoms with E-state index in [1.54, 1.807) is 0 Å². The van der Waals surface area contributed by atoms with Gasteiger partial charge in [-0.2, -0.15) is 0 Å². The fourth-order valence-corrected chi connectivity index (χ4v) is 2.59. The quantitative estimate of drug-likeness (QED) is 0.662. The van der Waals surface area contributed by atoms with Crippen LogP contribution in [-0.2, 0) is 9.53 Å². The molecule has 0 aliphatic carbocycles. The zero-order chi connectivity index (χ0) is 15.8. The van der Waals surface area contributed by atoms with Crippen LogP contribution in [0, 0.1) is 10.8 Å². The molecular formula is C16H34N2O2. The Bertz CT molecular complexity index is 283. The van der Waals surface area contributed by atoms with Crippen molar-refractivity contribution in [3.8, 4) is 0 Å². The SMILES string of the molecule is CN(CCCN)CCC(=O)OCC(C)(C)CC(C)(C)C. The highest BCUT2D eigenvalue weighted by molar-refractivity contribution is 5.69. The summed E-state index contributed by atoms with van der Waals surface area (Å²) in [6, 6.07) is 0. The standard InChI is InChI=1S/C16H34N2O2/c1-15(2,3)12-16(4,5)13-20-14(19)8-11-18(6)10-7-9-17/h7-13,17H2,1-6H3. The molecule has 0 bridgehead atoms. The molecule has 0 heterocycles. The maximum atomic E-state index is 11.8. The second kappa shape index (κ2) is 8.63. The number of hydrogen-bond acceptors (Lipinski definition) is 4. The molecule has 0 atom stereocenters. The largest absolute Gasteiger partial charge is 0.465 e. The molecular weight excluding hydrogens is 252 g/mol. The van der Waals surface area contributed by atoms with Gasteiger partial charge in [-0.05, 0) is 43.8 Å². The molecule has 4 nitrogen and oxygen atoms in total. The Morgan fingerprint density at radius 3 is 2.25 bits per heavy atom. The van der Waals surface area contributed by atoms with Crippen molar-refractivity contribution in [1.29, 1.82) is 0 Å². The number of nitrogens with zero attached hydrogens (tertiary/aromatic N) is 1. The van der Waals surface area contributed by atoms with Crippen molar-refractivity contribution >= 4 is 5.97 Å². The van der Waals surface area contributed by atoms with Crippen molar-refractivity contribution in [3.05, 3.63) is 0 Å². The van der Waals surface area contributed by atoms with E-state index < -0.39 is 0 Å². The first kappa shape index (κ1) is 19.4. The number of carbonyl (C=O) groups is 1. The summed E-state index contributed by atoms with van der Waals surface area (Å²) in [5, 5.41) is 0.